The van der Waals surface area contributed by atoms with Gasteiger partial charge in [0.25, 0.3) is 0 Å². The van der Waals surface area contributed by atoms with E-state index in [0.717, 1.165) is 44.4 Å². The fraction of sp³-hybridized carbons (Fsp3) is 0.450. The van der Waals surface area contributed by atoms with Crippen molar-refractivity contribution < 1.29 is 4.74 Å². The maximum Gasteiger partial charge on any atom is 0.149 e. The minimum absolute atomic E-state index is 0.100. The Balaban J connectivity index is 1.94. The van der Waals surface area contributed by atoms with Crippen LogP contribution < -0.4 is 11.3 Å². The lowest BCUT2D eigenvalue weighted by atomic mass is 10.1. The van der Waals surface area contributed by atoms with Gasteiger partial charge in [0.15, 0.2) is 0 Å². The third-order valence-electron chi connectivity index (χ3n) is 4.80. The highest BCUT2D eigenvalue weighted by molar-refractivity contribution is 5.94. The van der Waals surface area contributed by atoms with Gasteiger partial charge < -0.3 is 15.1 Å². The molecule has 1 atom stereocenters. The molecule has 3 heterocycles. The summed E-state index contributed by atoms with van der Waals surface area (Å²) in [6.07, 6.45) is 15.9. The Hall–Kier alpha value is -2.35. The summed E-state index contributed by atoms with van der Waals surface area (Å²) in [6, 6.07) is 0.100. The predicted molar refractivity (Wildman–Crippen MR) is 109 cm³/mol. The minimum atomic E-state index is 0.100. The quantitative estimate of drug-likeness (QED) is 0.437. The molecule has 3 aliphatic rings. The van der Waals surface area contributed by atoms with Crippen molar-refractivity contribution in [1.82, 2.24) is 20.3 Å². The molecule has 0 saturated carbocycles. The molecule has 0 bridgehead atoms. The molecular formula is C20H30N6O. The summed E-state index contributed by atoms with van der Waals surface area (Å²) < 4.78 is 5.52. The van der Waals surface area contributed by atoms with Crippen molar-refractivity contribution in [2.24, 2.45) is 10.8 Å². The zero-order valence-electron chi connectivity index (χ0n) is 16.4. The molecule has 3 aliphatic heterocycles. The lowest BCUT2D eigenvalue weighted by molar-refractivity contribution is -0.000337. The number of amidine groups is 1. The van der Waals surface area contributed by atoms with E-state index in [2.05, 4.69) is 75.8 Å². The molecule has 3 N–H and O–H groups in total. The Morgan fingerprint density at radius 3 is 2.85 bits per heavy atom. The molecule has 0 amide bonds. The zero-order valence-corrected chi connectivity index (χ0v) is 16.4. The molecule has 0 aromatic heterocycles. The summed E-state index contributed by atoms with van der Waals surface area (Å²) in [7, 11) is 2.10. The number of nitrogens with one attached hydrogen (secondary N) is 1. The van der Waals surface area contributed by atoms with Gasteiger partial charge in [-0.2, -0.15) is 0 Å². The van der Waals surface area contributed by atoms with E-state index in [1.54, 1.807) is 0 Å². The number of fused-ring (bicyclic) bond motifs is 1. The van der Waals surface area contributed by atoms with Gasteiger partial charge in [0, 0.05) is 26.2 Å². The van der Waals surface area contributed by atoms with Crippen LogP contribution in [-0.2, 0) is 4.74 Å². The standard InChI is InChI=1S/C20H30N6O/c1-4-6-7-9-16(8-5-2)17-14-19-22-18(23-21)15-20(26(19)24(17)3)25-10-12-27-13-11-25/h5-9,14-15,17H,4,10-13,21H2,1-3H3,(H,22,23)/b7-6+,8-5-,16-9+. The molecule has 146 valence electrons. The van der Waals surface area contributed by atoms with Gasteiger partial charge in [0.1, 0.15) is 17.5 Å². The second kappa shape index (κ2) is 9.03. The van der Waals surface area contributed by atoms with E-state index in [0.29, 0.717) is 5.84 Å². The molecule has 7 nitrogen and oxygen atoms in total. The molecule has 0 radical (unpaired) electrons. The van der Waals surface area contributed by atoms with Crippen molar-refractivity contribution in [3.8, 4) is 0 Å². The first-order chi connectivity index (χ1) is 13.2. The second-order valence-corrected chi connectivity index (χ2v) is 6.60. The van der Waals surface area contributed by atoms with Crippen molar-refractivity contribution in [3.63, 3.8) is 0 Å². The van der Waals surface area contributed by atoms with Gasteiger partial charge in [-0.05, 0) is 25.0 Å². The molecule has 1 unspecified atom stereocenters. The summed E-state index contributed by atoms with van der Waals surface area (Å²) in [5.74, 6) is 8.29. The molecule has 1 fully saturated rings. The van der Waals surface area contributed by atoms with Gasteiger partial charge in [0.05, 0.1) is 19.3 Å². The van der Waals surface area contributed by atoms with Crippen LogP contribution in [0.2, 0.25) is 0 Å². The smallest absolute Gasteiger partial charge is 0.149 e. The number of aliphatic imine (C=N–C) groups is 1. The Morgan fingerprint density at radius 2 is 2.19 bits per heavy atom. The average Bonchev–Trinajstić information content (AvgIpc) is 3.04. The van der Waals surface area contributed by atoms with E-state index < -0.39 is 0 Å². The first kappa shape index (κ1) is 19.4. The van der Waals surface area contributed by atoms with E-state index in [1.807, 2.05) is 13.0 Å². The third kappa shape index (κ3) is 4.16. The van der Waals surface area contributed by atoms with E-state index in [-0.39, 0.29) is 6.04 Å². The topological polar surface area (TPSA) is 69.4 Å². The van der Waals surface area contributed by atoms with Crippen molar-refractivity contribution in [1.29, 1.82) is 0 Å². The van der Waals surface area contributed by atoms with Crippen LogP contribution in [0.3, 0.4) is 0 Å². The van der Waals surface area contributed by atoms with Gasteiger partial charge >= 0.3 is 0 Å². The number of ether oxygens (including phenoxy) is 1. The minimum Gasteiger partial charge on any atom is -0.378 e. The highest BCUT2D eigenvalue weighted by Gasteiger charge is 2.37. The maximum absolute atomic E-state index is 5.68. The maximum atomic E-state index is 5.68. The zero-order chi connectivity index (χ0) is 19.2. The van der Waals surface area contributed by atoms with E-state index in [1.165, 1.54) is 5.57 Å². The highest BCUT2D eigenvalue weighted by atomic mass is 16.5. The van der Waals surface area contributed by atoms with E-state index in [4.69, 9.17) is 10.6 Å². The second-order valence-electron chi connectivity index (χ2n) is 6.60. The van der Waals surface area contributed by atoms with Crippen LogP contribution >= 0.6 is 0 Å². The van der Waals surface area contributed by atoms with E-state index in [9.17, 15) is 0 Å². The summed E-state index contributed by atoms with van der Waals surface area (Å²) in [5, 5.41) is 4.39. The molecule has 3 rings (SSSR count). The van der Waals surface area contributed by atoms with E-state index >= 15 is 0 Å². The average molecular weight is 371 g/mol. The first-order valence-corrected chi connectivity index (χ1v) is 9.53. The molecular weight excluding hydrogens is 340 g/mol. The van der Waals surface area contributed by atoms with Crippen molar-refractivity contribution in [3.05, 3.63) is 59.7 Å². The molecule has 0 aliphatic carbocycles. The van der Waals surface area contributed by atoms with Gasteiger partial charge in [0.2, 0.25) is 0 Å². The largest absolute Gasteiger partial charge is 0.378 e. The van der Waals surface area contributed by atoms with Gasteiger partial charge in [-0.25, -0.2) is 20.9 Å². The fourth-order valence-corrected chi connectivity index (χ4v) is 3.47. The monoisotopic (exact) mass is 370 g/mol. The normalized spacial score (nSPS) is 24.4. The van der Waals surface area contributed by atoms with Crippen molar-refractivity contribution in [2.75, 3.05) is 33.4 Å². The highest BCUT2D eigenvalue weighted by Crippen LogP contribution is 2.34. The number of morpholine rings is 1. The third-order valence-corrected chi connectivity index (χ3v) is 4.80. The fourth-order valence-electron chi connectivity index (χ4n) is 3.47. The summed E-state index contributed by atoms with van der Waals surface area (Å²) in [6.45, 7) is 7.34. The molecule has 0 aromatic rings. The van der Waals surface area contributed by atoms with Crippen LogP contribution in [0.4, 0.5) is 0 Å². The van der Waals surface area contributed by atoms with Crippen LogP contribution in [0, 0.1) is 0 Å². The van der Waals surface area contributed by atoms with Crippen LogP contribution in [0.1, 0.15) is 20.3 Å². The molecule has 0 aromatic carbocycles. The number of hydrogen-bond donors (Lipinski definition) is 2. The number of rotatable bonds is 5. The molecule has 27 heavy (non-hydrogen) atoms. The first-order valence-electron chi connectivity index (χ1n) is 9.53. The van der Waals surface area contributed by atoms with Crippen LogP contribution in [0.5, 0.6) is 0 Å². The Kier molecular flexibility index (Phi) is 6.49. The Bertz CT molecular complexity index is 712. The Morgan fingerprint density at radius 1 is 1.41 bits per heavy atom. The number of hydrazine groups is 2. The van der Waals surface area contributed by atoms with Gasteiger partial charge in [-0.1, -0.05) is 37.3 Å². The SMILES string of the molecule is C\C=C/C(=C\C=C\CC)C1C=C2N=C(NN)C=C(N3CCOCC3)N2N1C. The Labute approximate surface area is 161 Å². The summed E-state index contributed by atoms with van der Waals surface area (Å²) in [4.78, 5) is 6.99. The lowest BCUT2D eigenvalue weighted by Crippen LogP contribution is -2.49. The number of likely N-dealkylation sites (N-methyl/N-ethyl adjacent to an activating group) is 1. The van der Waals surface area contributed by atoms with Crippen molar-refractivity contribution in [2.45, 2.75) is 26.3 Å². The predicted octanol–water partition coefficient (Wildman–Crippen LogP) is 1.88. The number of nitrogens with two attached hydrogens (primary N) is 1. The van der Waals surface area contributed by atoms with Gasteiger partial charge in [-0.3, -0.25) is 0 Å². The van der Waals surface area contributed by atoms with Crippen LogP contribution in [-0.4, -0.2) is 60.1 Å². The summed E-state index contributed by atoms with van der Waals surface area (Å²) >= 11 is 0. The number of hydrogen-bond acceptors (Lipinski definition) is 7. The molecule has 0 spiro atoms. The lowest BCUT2D eigenvalue weighted by Gasteiger charge is -2.41. The van der Waals surface area contributed by atoms with Crippen molar-refractivity contribution >= 4 is 5.84 Å². The number of nitrogens with zero attached hydrogens (tertiary/aromatic N) is 4. The molecule has 7 heteroatoms. The number of allylic oxidation sites excluding steroid dienone is 4. The van der Waals surface area contributed by atoms with Crippen LogP contribution in [0.25, 0.3) is 0 Å². The van der Waals surface area contributed by atoms with Gasteiger partial charge in [-0.15, -0.1) is 0 Å². The summed E-state index contributed by atoms with van der Waals surface area (Å²) in [5.41, 5.74) is 3.91. The molecule has 1 saturated heterocycles. The van der Waals surface area contributed by atoms with Crippen LogP contribution in [0.15, 0.2) is 64.7 Å².